The molecule has 2 heterocycles. The molecule has 1 atom stereocenters. The molecule has 1 fully saturated rings. The van der Waals surface area contributed by atoms with Crippen molar-refractivity contribution in [3.8, 4) is 11.8 Å². The van der Waals surface area contributed by atoms with Gasteiger partial charge >= 0.3 is 6.09 Å². The van der Waals surface area contributed by atoms with Crippen molar-refractivity contribution in [2.75, 3.05) is 33.3 Å². The average molecular weight is 425 g/mol. The SMILES string of the molecule is COc1ccc2ncc(C#N)c(CCN3CCC(C)(CNC(=O)OC(C)(C)C)C3)c2c1. The highest BCUT2D eigenvalue weighted by Gasteiger charge is 2.34. The molecule has 7 nitrogen and oxygen atoms in total. The van der Waals surface area contributed by atoms with E-state index in [9.17, 15) is 10.1 Å². The van der Waals surface area contributed by atoms with Crippen LogP contribution >= 0.6 is 0 Å². The molecule has 0 saturated carbocycles. The number of nitrogens with zero attached hydrogens (tertiary/aromatic N) is 3. The van der Waals surface area contributed by atoms with Crippen LogP contribution in [-0.2, 0) is 11.2 Å². The third kappa shape index (κ3) is 5.86. The number of aromatic nitrogens is 1. The van der Waals surface area contributed by atoms with Gasteiger partial charge in [-0.15, -0.1) is 0 Å². The maximum atomic E-state index is 12.0. The molecule has 7 heteroatoms. The van der Waals surface area contributed by atoms with Gasteiger partial charge < -0.3 is 19.7 Å². The lowest BCUT2D eigenvalue weighted by Gasteiger charge is -2.26. The van der Waals surface area contributed by atoms with Crippen LogP contribution < -0.4 is 10.1 Å². The summed E-state index contributed by atoms with van der Waals surface area (Å²) in [6, 6.07) is 8.05. The van der Waals surface area contributed by atoms with Gasteiger partial charge in [0, 0.05) is 31.2 Å². The predicted octanol–water partition coefficient (Wildman–Crippen LogP) is 3.89. The fourth-order valence-corrected chi connectivity index (χ4v) is 4.05. The minimum Gasteiger partial charge on any atom is -0.497 e. The molecule has 2 aromatic rings. The van der Waals surface area contributed by atoms with Crippen LogP contribution in [0.25, 0.3) is 10.9 Å². The zero-order valence-electron chi connectivity index (χ0n) is 19.1. The Hall–Kier alpha value is -2.85. The molecule has 0 radical (unpaired) electrons. The minimum absolute atomic E-state index is 0.00149. The van der Waals surface area contributed by atoms with E-state index in [0.29, 0.717) is 12.1 Å². The van der Waals surface area contributed by atoms with Crippen molar-refractivity contribution >= 4 is 17.0 Å². The number of ether oxygens (including phenoxy) is 2. The second kappa shape index (κ2) is 9.11. The van der Waals surface area contributed by atoms with E-state index in [1.54, 1.807) is 13.3 Å². The van der Waals surface area contributed by atoms with Crippen LogP contribution in [0, 0.1) is 16.7 Å². The number of methoxy groups -OCH3 is 1. The maximum absolute atomic E-state index is 12.0. The number of fused-ring (bicyclic) bond motifs is 1. The zero-order valence-corrected chi connectivity index (χ0v) is 19.1. The molecule has 166 valence electrons. The molecule has 31 heavy (non-hydrogen) atoms. The summed E-state index contributed by atoms with van der Waals surface area (Å²) in [5, 5.41) is 13.5. The molecule has 1 amide bonds. The number of likely N-dealkylation sites (tertiary alicyclic amines) is 1. The van der Waals surface area contributed by atoms with E-state index in [4.69, 9.17) is 9.47 Å². The van der Waals surface area contributed by atoms with Crippen molar-refractivity contribution in [2.45, 2.75) is 46.1 Å². The molecule has 1 aromatic heterocycles. The van der Waals surface area contributed by atoms with E-state index in [1.807, 2.05) is 39.0 Å². The Morgan fingerprint density at radius 3 is 2.84 bits per heavy atom. The third-order valence-electron chi connectivity index (χ3n) is 5.68. The van der Waals surface area contributed by atoms with Crippen LogP contribution in [0.2, 0.25) is 0 Å². The monoisotopic (exact) mass is 424 g/mol. The zero-order chi connectivity index (χ0) is 22.6. The summed E-state index contributed by atoms with van der Waals surface area (Å²) in [4.78, 5) is 18.8. The van der Waals surface area contributed by atoms with E-state index in [2.05, 4.69) is 28.2 Å². The Balaban J connectivity index is 1.64. The molecule has 0 aliphatic carbocycles. The molecular formula is C24H32N4O3. The van der Waals surface area contributed by atoms with E-state index >= 15 is 0 Å². The lowest BCUT2D eigenvalue weighted by Crippen LogP contribution is -2.40. The number of hydrogen-bond donors (Lipinski definition) is 1. The van der Waals surface area contributed by atoms with Crippen molar-refractivity contribution in [2.24, 2.45) is 5.41 Å². The summed E-state index contributed by atoms with van der Waals surface area (Å²) in [5.74, 6) is 0.757. The average Bonchev–Trinajstić information content (AvgIpc) is 3.10. The lowest BCUT2D eigenvalue weighted by molar-refractivity contribution is 0.0504. The van der Waals surface area contributed by atoms with Gasteiger partial charge in [-0.1, -0.05) is 6.92 Å². The summed E-state index contributed by atoms with van der Waals surface area (Å²) in [7, 11) is 1.64. The molecule has 0 spiro atoms. The Kier molecular flexibility index (Phi) is 6.71. The summed E-state index contributed by atoms with van der Waals surface area (Å²) in [5.41, 5.74) is 1.98. The highest BCUT2D eigenvalue weighted by atomic mass is 16.6. The summed E-state index contributed by atoms with van der Waals surface area (Å²) < 4.78 is 10.7. The molecular weight excluding hydrogens is 392 g/mol. The normalized spacial score (nSPS) is 19.2. The maximum Gasteiger partial charge on any atom is 0.407 e. The van der Waals surface area contributed by atoms with Gasteiger partial charge in [-0.2, -0.15) is 5.26 Å². The number of alkyl carbamates (subject to hydrolysis) is 1. The minimum atomic E-state index is -0.499. The number of pyridine rings is 1. The molecule has 3 rings (SSSR count). The van der Waals surface area contributed by atoms with Crippen LogP contribution in [0.15, 0.2) is 24.4 Å². The summed E-state index contributed by atoms with van der Waals surface area (Å²) in [6.07, 6.45) is 3.04. The molecule has 1 N–H and O–H groups in total. The van der Waals surface area contributed by atoms with E-state index in [1.165, 1.54) is 0 Å². The van der Waals surface area contributed by atoms with Gasteiger partial charge in [0.2, 0.25) is 0 Å². The van der Waals surface area contributed by atoms with Gasteiger partial charge in [0.05, 0.1) is 18.2 Å². The Labute approximate surface area is 184 Å². The van der Waals surface area contributed by atoms with Crippen LogP contribution in [0.1, 0.15) is 45.2 Å². The molecule has 0 bridgehead atoms. The first-order valence-electron chi connectivity index (χ1n) is 10.7. The van der Waals surface area contributed by atoms with Crippen molar-refractivity contribution in [1.29, 1.82) is 5.26 Å². The molecule has 1 aromatic carbocycles. The van der Waals surface area contributed by atoms with E-state index < -0.39 is 5.60 Å². The largest absolute Gasteiger partial charge is 0.497 e. The second-order valence-corrected chi connectivity index (χ2v) is 9.59. The first-order valence-corrected chi connectivity index (χ1v) is 10.7. The Morgan fingerprint density at radius 2 is 2.16 bits per heavy atom. The quantitative estimate of drug-likeness (QED) is 0.757. The van der Waals surface area contributed by atoms with Gasteiger partial charge in [0.1, 0.15) is 17.4 Å². The fourth-order valence-electron chi connectivity index (χ4n) is 4.05. The smallest absolute Gasteiger partial charge is 0.407 e. The number of carbonyl (C=O) groups excluding carboxylic acids is 1. The summed E-state index contributed by atoms with van der Waals surface area (Å²) in [6.45, 7) is 11.0. The van der Waals surface area contributed by atoms with Crippen LogP contribution in [-0.4, -0.2) is 54.9 Å². The first-order chi connectivity index (χ1) is 14.6. The first kappa shape index (κ1) is 22.8. The third-order valence-corrected chi connectivity index (χ3v) is 5.68. The number of nitrogens with one attached hydrogen (secondary N) is 1. The number of rotatable bonds is 6. The molecule has 1 unspecified atom stereocenters. The topological polar surface area (TPSA) is 87.5 Å². The Bertz CT molecular complexity index is 993. The second-order valence-electron chi connectivity index (χ2n) is 9.59. The Morgan fingerprint density at radius 1 is 1.39 bits per heavy atom. The van der Waals surface area contributed by atoms with E-state index in [-0.39, 0.29) is 11.5 Å². The number of amides is 1. The highest BCUT2D eigenvalue weighted by molar-refractivity contribution is 5.85. The van der Waals surface area contributed by atoms with Crippen LogP contribution in [0.3, 0.4) is 0 Å². The molecule has 1 aliphatic heterocycles. The number of nitriles is 1. The standard InChI is InChI=1S/C24H32N4O3/c1-23(2,3)31-22(29)27-15-24(4)9-11-28(16-24)10-8-19-17(13-25)14-26-21-7-6-18(30-5)12-20(19)21/h6-7,12,14H,8-11,15-16H2,1-5H3,(H,27,29). The van der Waals surface area contributed by atoms with Gasteiger partial charge in [-0.05, 0) is 69.3 Å². The van der Waals surface area contributed by atoms with Crippen molar-refractivity contribution in [3.63, 3.8) is 0 Å². The van der Waals surface area contributed by atoms with Crippen LogP contribution in [0.4, 0.5) is 4.79 Å². The molecule has 1 saturated heterocycles. The van der Waals surface area contributed by atoms with Gasteiger partial charge in [0.15, 0.2) is 0 Å². The van der Waals surface area contributed by atoms with Crippen LogP contribution in [0.5, 0.6) is 5.75 Å². The van der Waals surface area contributed by atoms with Crippen molar-refractivity contribution in [3.05, 3.63) is 35.5 Å². The number of carbonyl (C=O) groups is 1. The molecule has 1 aliphatic rings. The van der Waals surface area contributed by atoms with Crippen molar-refractivity contribution < 1.29 is 14.3 Å². The van der Waals surface area contributed by atoms with Gasteiger partial charge in [-0.3, -0.25) is 4.98 Å². The van der Waals surface area contributed by atoms with Gasteiger partial charge in [-0.25, -0.2) is 4.79 Å². The van der Waals surface area contributed by atoms with Gasteiger partial charge in [0.25, 0.3) is 0 Å². The van der Waals surface area contributed by atoms with E-state index in [0.717, 1.165) is 54.7 Å². The summed E-state index contributed by atoms with van der Waals surface area (Å²) >= 11 is 0. The predicted molar refractivity (Wildman–Crippen MR) is 120 cm³/mol. The highest BCUT2D eigenvalue weighted by Crippen LogP contribution is 2.30. The number of benzene rings is 1. The fraction of sp³-hybridized carbons (Fsp3) is 0.542. The van der Waals surface area contributed by atoms with Crippen molar-refractivity contribution in [1.82, 2.24) is 15.2 Å². The lowest BCUT2D eigenvalue weighted by atomic mass is 9.90. The number of hydrogen-bond acceptors (Lipinski definition) is 6.